The number of likely N-dealkylation sites (tertiary alicyclic amines) is 1. The van der Waals surface area contributed by atoms with Crippen molar-refractivity contribution in [1.29, 1.82) is 0 Å². The third kappa shape index (κ3) is 3.86. The maximum Gasteiger partial charge on any atom is 0.274 e. The molecule has 0 radical (unpaired) electrons. The fourth-order valence-corrected chi connectivity index (χ4v) is 4.65. The highest BCUT2D eigenvalue weighted by Crippen LogP contribution is 2.30. The fourth-order valence-electron chi connectivity index (χ4n) is 4.65. The lowest BCUT2D eigenvalue weighted by atomic mass is 9.88. The third-order valence-electron chi connectivity index (χ3n) is 6.44. The van der Waals surface area contributed by atoms with Crippen LogP contribution in [-0.4, -0.2) is 58.7 Å². The van der Waals surface area contributed by atoms with Crippen LogP contribution in [0.1, 0.15) is 53.5 Å². The van der Waals surface area contributed by atoms with E-state index in [0.29, 0.717) is 11.7 Å². The van der Waals surface area contributed by atoms with E-state index in [2.05, 4.69) is 40.8 Å². The molecule has 1 saturated heterocycles. The number of nitrogens with zero attached hydrogens (tertiary/aromatic N) is 4. The van der Waals surface area contributed by atoms with Crippen LogP contribution in [0, 0.1) is 5.92 Å². The van der Waals surface area contributed by atoms with Crippen LogP contribution in [0.4, 0.5) is 0 Å². The van der Waals surface area contributed by atoms with E-state index in [1.165, 1.54) is 42.8 Å². The standard InChI is InChI=1S/C23H32N4O/c1-17-11-13-26(14-12-17)19-9-10-21-20(15-19)22(23(28)25(2)3)24-27(21)16-18-7-5-4-6-8-18/h4-8,17,19H,9-16H2,1-3H3/t19-/m0/s1. The molecule has 2 aromatic rings. The average molecular weight is 381 g/mol. The van der Waals surface area contributed by atoms with E-state index in [9.17, 15) is 4.79 Å². The first-order valence-corrected chi connectivity index (χ1v) is 10.6. The summed E-state index contributed by atoms with van der Waals surface area (Å²) in [5, 5.41) is 4.81. The Balaban J connectivity index is 1.62. The zero-order valence-electron chi connectivity index (χ0n) is 17.4. The van der Waals surface area contributed by atoms with Crippen molar-refractivity contribution >= 4 is 5.91 Å². The van der Waals surface area contributed by atoms with E-state index in [1.807, 2.05) is 20.2 Å². The van der Waals surface area contributed by atoms with Crippen molar-refractivity contribution in [2.45, 2.75) is 51.6 Å². The summed E-state index contributed by atoms with van der Waals surface area (Å²) in [7, 11) is 3.63. The molecular weight excluding hydrogens is 348 g/mol. The van der Waals surface area contributed by atoms with Gasteiger partial charge in [-0.05, 0) is 56.7 Å². The highest BCUT2D eigenvalue weighted by Gasteiger charge is 2.33. The molecule has 2 aliphatic rings. The predicted octanol–water partition coefficient (Wildman–Crippen LogP) is 3.22. The van der Waals surface area contributed by atoms with Gasteiger partial charge in [-0.25, -0.2) is 0 Å². The first-order chi connectivity index (χ1) is 13.5. The van der Waals surface area contributed by atoms with Crippen molar-refractivity contribution in [3.63, 3.8) is 0 Å². The minimum absolute atomic E-state index is 0.0241. The summed E-state index contributed by atoms with van der Waals surface area (Å²) in [6.07, 6.45) is 5.71. The van der Waals surface area contributed by atoms with Crippen molar-refractivity contribution in [3.05, 3.63) is 52.8 Å². The van der Waals surface area contributed by atoms with Gasteiger partial charge in [-0.1, -0.05) is 37.3 Å². The number of piperidine rings is 1. The number of amides is 1. The van der Waals surface area contributed by atoms with Crippen LogP contribution in [0.25, 0.3) is 0 Å². The summed E-state index contributed by atoms with van der Waals surface area (Å²) in [4.78, 5) is 17.2. The lowest BCUT2D eigenvalue weighted by Gasteiger charge is -2.38. The van der Waals surface area contributed by atoms with Gasteiger partial charge in [0.2, 0.25) is 0 Å². The Labute approximate surface area is 168 Å². The van der Waals surface area contributed by atoms with E-state index in [0.717, 1.165) is 31.7 Å². The maximum absolute atomic E-state index is 12.8. The Morgan fingerprint density at radius 2 is 1.86 bits per heavy atom. The van der Waals surface area contributed by atoms with Gasteiger partial charge in [0.1, 0.15) is 0 Å². The first kappa shape index (κ1) is 19.2. The Morgan fingerprint density at radius 3 is 2.54 bits per heavy atom. The van der Waals surface area contributed by atoms with Gasteiger partial charge in [-0.2, -0.15) is 5.10 Å². The van der Waals surface area contributed by atoms with Crippen LogP contribution < -0.4 is 0 Å². The molecule has 0 bridgehead atoms. The monoisotopic (exact) mass is 380 g/mol. The van der Waals surface area contributed by atoms with Crippen LogP contribution in [0.15, 0.2) is 30.3 Å². The molecule has 0 saturated carbocycles. The Bertz CT molecular complexity index is 819. The summed E-state index contributed by atoms with van der Waals surface area (Å²) in [6, 6.07) is 11.0. The van der Waals surface area contributed by atoms with Crippen molar-refractivity contribution in [1.82, 2.24) is 19.6 Å². The molecule has 1 aromatic carbocycles. The van der Waals surface area contributed by atoms with Crippen LogP contribution >= 0.6 is 0 Å². The molecule has 1 amide bonds. The summed E-state index contributed by atoms with van der Waals surface area (Å²) in [5.74, 6) is 0.867. The highest BCUT2D eigenvalue weighted by molar-refractivity contribution is 5.93. The van der Waals surface area contributed by atoms with Crippen molar-refractivity contribution in [2.24, 2.45) is 5.92 Å². The maximum atomic E-state index is 12.8. The molecule has 1 aromatic heterocycles. The number of carbonyl (C=O) groups is 1. The van der Waals surface area contributed by atoms with E-state index < -0.39 is 0 Å². The molecule has 5 heteroatoms. The number of fused-ring (bicyclic) bond motifs is 1. The third-order valence-corrected chi connectivity index (χ3v) is 6.44. The number of aromatic nitrogens is 2. The second-order valence-electron chi connectivity index (χ2n) is 8.73. The lowest BCUT2D eigenvalue weighted by Crippen LogP contribution is -2.44. The molecule has 5 nitrogen and oxygen atoms in total. The average Bonchev–Trinajstić information content (AvgIpc) is 3.06. The lowest BCUT2D eigenvalue weighted by molar-refractivity contribution is 0.0818. The summed E-state index contributed by atoms with van der Waals surface area (Å²) in [6.45, 7) is 5.47. The first-order valence-electron chi connectivity index (χ1n) is 10.6. The molecule has 0 N–H and O–H groups in total. The van der Waals surface area contributed by atoms with Gasteiger partial charge in [-0.15, -0.1) is 0 Å². The number of benzene rings is 1. The number of hydrogen-bond acceptors (Lipinski definition) is 3. The van der Waals surface area contributed by atoms with E-state index in [-0.39, 0.29) is 5.91 Å². The predicted molar refractivity (Wildman–Crippen MR) is 112 cm³/mol. The minimum Gasteiger partial charge on any atom is -0.343 e. The van der Waals surface area contributed by atoms with Crippen molar-refractivity contribution in [2.75, 3.05) is 27.2 Å². The number of hydrogen-bond donors (Lipinski definition) is 0. The van der Waals surface area contributed by atoms with Crippen LogP contribution in [0.5, 0.6) is 0 Å². The van der Waals surface area contributed by atoms with Crippen LogP contribution in [0.3, 0.4) is 0 Å². The van der Waals surface area contributed by atoms with Gasteiger partial charge in [0.25, 0.3) is 5.91 Å². The second-order valence-corrected chi connectivity index (χ2v) is 8.73. The molecule has 1 aliphatic heterocycles. The largest absolute Gasteiger partial charge is 0.343 e. The molecule has 150 valence electrons. The minimum atomic E-state index is 0.0241. The molecule has 0 unspecified atom stereocenters. The Morgan fingerprint density at radius 1 is 1.14 bits per heavy atom. The zero-order valence-corrected chi connectivity index (χ0v) is 17.4. The Hall–Kier alpha value is -2.14. The molecule has 4 rings (SSSR count). The molecule has 0 spiro atoms. The number of rotatable bonds is 4. The van der Waals surface area contributed by atoms with Crippen LogP contribution in [-0.2, 0) is 19.4 Å². The van der Waals surface area contributed by atoms with Gasteiger partial charge in [0, 0.05) is 31.4 Å². The SMILES string of the molecule is CC1CCN([C@H]2CCc3c(c(C(=O)N(C)C)nn3Cc3ccccc3)C2)CC1. The topological polar surface area (TPSA) is 41.4 Å². The van der Waals surface area contributed by atoms with Crippen LogP contribution in [0.2, 0.25) is 0 Å². The van der Waals surface area contributed by atoms with Gasteiger partial charge in [0.15, 0.2) is 5.69 Å². The van der Waals surface area contributed by atoms with E-state index >= 15 is 0 Å². The molecule has 1 aliphatic carbocycles. The van der Waals surface area contributed by atoms with Crippen molar-refractivity contribution < 1.29 is 4.79 Å². The summed E-state index contributed by atoms with van der Waals surface area (Å²) in [5.41, 5.74) is 4.33. The highest BCUT2D eigenvalue weighted by atomic mass is 16.2. The number of carbonyl (C=O) groups excluding carboxylic acids is 1. The molecular formula is C23H32N4O. The summed E-state index contributed by atoms with van der Waals surface area (Å²) >= 11 is 0. The van der Waals surface area contributed by atoms with E-state index in [4.69, 9.17) is 5.10 Å². The van der Waals surface area contributed by atoms with Gasteiger partial charge in [-0.3, -0.25) is 9.48 Å². The van der Waals surface area contributed by atoms with E-state index in [1.54, 1.807) is 4.90 Å². The molecule has 1 fully saturated rings. The van der Waals surface area contributed by atoms with Gasteiger partial charge < -0.3 is 9.80 Å². The quantitative estimate of drug-likeness (QED) is 0.818. The molecule has 28 heavy (non-hydrogen) atoms. The smallest absolute Gasteiger partial charge is 0.274 e. The molecule has 1 atom stereocenters. The zero-order chi connectivity index (χ0) is 19.7. The second kappa shape index (κ2) is 8.08. The summed E-state index contributed by atoms with van der Waals surface area (Å²) < 4.78 is 2.08. The normalized spacial score (nSPS) is 20.8. The fraction of sp³-hybridized carbons (Fsp3) is 0.565. The van der Waals surface area contributed by atoms with Crippen molar-refractivity contribution in [3.8, 4) is 0 Å². The van der Waals surface area contributed by atoms with Gasteiger partial charge in [0.05, 0.1) is 6.54 Å². The van der Waals surface area contributed by atoms with Gasteiger partial charge >= 0.3 is 0 Å². The molecule has 2 heterocycles. The Kier molecular flexibility index (Phi) is 5.54.